The molecular weight excluding hydrogens is 348 g/mol. The number of nitro groups is 1. The molecule has 0 aliphatic carbocycles. The molecule has 0 N–H and O–H groups in total. The highest BCUT2D eigenvalue weighted by molar-refractivity contribution is 5.72. The summed E-state index contributed by atoms with van der Waals surface area (Å²) in [6.45, 7) is 0.437. The van der Waals surface area contributed by atoms with Gasteiger partial charge in [0, 0.05) is 12.5 Å². The average molecular weight is 373 g/mol. The topological polar surface area (TPSA) is 78.7 Å². The van der Waals surface area contributed by atoms with Crippen molar-refractivity contribution in [1.29, 1.82) is 0 Å². The zero-order valence-electron chi connectivity index (χ0n) is 15.9. The molecule has 2 aromatic carbocycles. The highest BCUT2D eigenvalue weighted by Gasteiger charge is 2.14. The molecule has 0 bridgehead atoms. The Morgan fingerprint density at radius 3 is 2.33 bits per heavy atom. The van der Waals surface area contributed by atoms with E-state index in [4.69, 9.17) is 9.47 Å². The number of nitro benzene ring substituents is 1. The zero-order chi connectivity index (χ0) is 19.9. The molecule has 0 saturated carbocycles. The number of ether oxygens (including phenoxy) is 2. The van der Waals surface area contributed by atoms with Gasteiger partial charge in [0.05, 0.1) is 45.7 Å². The summed E-state index contributed by atoms with van der Waals surface area (Å²) in [6.07, 6.45) is 0.667. The summed E-state index contributed by atoms with van der Waals surface area (Å²) in [5, 5.41) is 10.9. The lowest BCUT2D eigenvalue weighted by Gasteiger charge is -2.23. The molecule has 0 heterocycles. The molecule has 2 rings (SSSR count). The van der Waals surface area contributed by atoms with Crippen LogP contribution in [0.4, 0.5) is 11.4 Å². The van der Waals surface area contributed by atoms with Crippen molar-refractivity contribution < 1.29 is 19.2 Å². The number of rotatable bonds is 9. The minimum Gasteiger partial charge on any atom is -0.487 e. The van der Waals surface area contributed by atoms with Crippen LogP contribution in [-0.4, -0.2) is 45.2 Å². The maximum Gasteiger partial charge on any atom is 0.310 e. The fourth-order valence-electron chi connectivity index (χ4n) is 2.44. The van der Waals surface area contributed by atoms with E-state index in [1.54, 1.807) is 18.2 Å². The van der Waals surface area contributed by atoms with Gasteiger partial charge in [-0.15, -0.1) is 0 Å². The molecule has 0 atom stereocenters. The van der Waals surface area contributed by atoms with E-state index in [1.165, 1.54) is 6.07 Å². The van der Waals surface area contributed by atoms with E-state index in [1.807, 2.05) is 24.3 Å². The molecular formula is C20H25N2O5+. The van der Waals surface area contributed by atoms with Gasteiger partial charge in [-0.1, -0.05) is 24.3 Å². The van der Waals surface area contributed by atoms with Crippen LogP contribution in [0.15, 0.2) is 48.5 Å². The first-order valence-electron chi connectivity index (χ1n) is 8.70. The molecule has 27 heavy (non-hydrogen) atoms. The lowest BCUT2D eigenvalue weighted by Crippen LogP contribution is -2.34. The van der Waals surface area contributed by atoms with E-state index in [9.17, 15) is 14.9 Å². The van der Waals surface area contributed by atoms with Crippen LogP contribution in [0.25, 0.3) is 0 Å². The molecule has 0 aliphatic rings. The quantitative estimate of drug-likeness (QED) is 0.221. The van der Waals surface area contributed by atoms with E-state index in [0.717, 1.165) is 11.3 Å². The lowest BCUT2D eigenvalue weighted by atomic mass is 10.1. The van der Waals surface area contributed by atoms with Gasteiger partial charge in [-0.05, 0) is 23.8 Å². The number of carbonyl (C=O) groups is 1. The third kappa shape index (κ3) is 6.38. The highest BCUT2D eigenvalue weighted by Crippen LogP contribution is 2.25. The normalized spacial score (nSPS) is 11.1. The predicted molar refractivity (Wildman–Crippen MR) is 104 cm³/mol. The van der Waals surface area contributed by atoms with Crippen molar-refractivity contribution in [2.24, 2.45) is 0 Å². The standard InChI is InChI=1S/C20H25N2O5/c1-22(2,3)17-11-9-16(10-12-17)15-20(23)27-14-6-13-26-19-8-5-4-7-18(19)21(24)25/h4-5,7-12H,6,13-15H2,1-3H3/q+1. The Hall–Kier alpha value is -2.93. The Labute approximate surface area is 158 Å². The summed E-state index contributed by atoms with van der Waals surface area (Å²) >= 11 is 0. The van der Waals surface area contributed by atoms with Crippen LogP contribution in [0.2, 0.25) is 0 Å². The molecule has 0 aromatic heterocycles. The van der Waals surface area contributed by atoms with Crippen molar-refractivity contribution >= 4 is 17.3 Å². The zero-order valence-corrected chi connectivity index (χ0v) is 15.9. The Kier molecular flexibility index (Phi) is 6.90. The lowest BCUT2D eigenvalue weighted by molar-refractivity contribution is -0.385. The van der Waals surface area contributed by atoms with Crippen LogP contribution in [0.5, 0.6) is 5.75 Å². The second-order valence-corrected chi connectivity index (χ2v) is 7.00. The largest absolute Gasteiger partial charge is 0.487 e. The first-order chi connectivity index (χ1) is 12.8. The minimum atomic E-state index is -0.487. The van der Waals surface area contributed by atoms with Crippen LogP contribution in [0, 0.1) is 10.1 Å². The fourth-order valence-corrected chi connectivity index (χ4v) is 2.44. The predicted octanol–water partition coefficient (Wildman–Crippen LogP) is 3.35. The van der Waals surface area contributed by atoms with Gasteiger partial charge in [-0.2, -0.15) is 0 Å². The second kappa shape index (κ2) is 9.14. The Morgan fingerprint density at radius 1 is 1.04 bits per heavy atom. The highest BCUT2D eigenvalue weighted by atomic mass is 16.6. The van der Waals surface area contributed by atoms with Gasteiger partial charge in [-0.3, -0.25) is 19.4 Å². The molecule has 0 aliphatic heterocycles. The number of hydrogen-bond donors (Lipinski definition) is 0. The summed E-state index contributed by atoms with van der Waals surface area (Å²) in [7, 11) is 6.24. The summed E-state index contributed by atoms with van der Waals surface area (Å²) in [5.41, 5.74) is 1.97. The molecule has 0 unspecified atom stereocenters. The smallest absolute Gasteiger partial charge is 0.310 e. The molecule has 0 fully saturated rings. The van der Waals surface area contributed by atoms with E-state index in [2.05, 4.69) is 21.1 Å². The Morgan fingerprint density at radius 2 is 1.70 bits per heavy atom. The molecule has 7 heteroatoms. The number of para-hydroxylation sites is 2. The van der Waals surface area contributed by atoms with Crippen molar-refractivity contribution in [2.45, 2.75) is 12.8 Å². The second-order valence-electron chi connectivity index (χ2n) is 7.00. The third-order valence-corrected chi connectivity index (χ3v) is 3.93. The van der Waals surface area contributed by atoms with Crippen molar-refractivity contribution in [3.05, 3.63) is 64.2 Å². The molecule has 2 aromatic rings. The van der Waals surface area contributed by atoms with Crippen molar-refractivity contribution in [2.75, 3.05) is 34.4 Å². The van der Waals surface area contributed by atoms with Gasteiger partial charge in [0.2, 0.25) is 0 Å². The van der Waals surface area contributed by atoms with Crippen LogP contribution in [-0.2, 0) is 16.0 Å². The molecule has 7 nitrogen and oxygen atoms in total. The van der Waals surface area contributed by atoms with Crippen molar-refractivity contribution in [3.8, 4) is 5.75 Å². The molecule has 144 valence electrons. The number of esters is 1. The number of quaternary nitrogens is 1. The van der Waals surface area contributed by atoms with Crippen LogP contribution < -0.4 is 9.22 Å². The summed E-state index contributed by atoms with van der Waals surface area (Å²) in [4.78, 5) is 22.3. The first kappa shape index (κ1) is 20.4. The Bertz CT molecular complexity index is 782. The summed E-state index contributed by atoms with van der Waals surface area (Å²) < 4.78 is 11.3. The maximum absolute atomic E-state index is 11.9. The minimum absolute atomic E-state index is 0.0770. The van der Waals surface area contributed by atoms with Crippen molar-refractivity contribution in [3.63, 3.8) is 0 Å². The van der Waals surface area contributed by atoms with Gasteiger partial charge in [0.25, 0.3) is 0 Å². The average Bonchev–Trinajstić information content (AvgIpc) is 2.61. The van der Waals surface area contributed by atoms with Crippen LogP contribution >= 0.6 is 0 Å². The van der Waals surface area contributed by atoms with Crippen molar-refractivity contribution in [1.82, 2.24) is 4.48 Å². The molecule has 0 saturated heterocycles. The molecule has 0 radical (unpaired) electrons. The van der Waals surface area contributed by atoms with Gasteiger partial charge in [0.15, 0.2) is 5.75 Å². The van der Waals surface area contributed by atoms with Gasteiger partial charge in [-0.25, -0.2) is 0 Å². The van der Waals surface area contributed by atoms with E-state index >= 15 is 0 Å². The van der Waals surface area contributed by atoms with Gasteiger partial charge < -0.3 is 9.47 Å². The summed E-state index contributed by atoms with van der Waals surface area (Å²) in [6, 6.07) is 14.1. The van der Waals surface area contributed by atoms with Gasteiger partial charge in [0.1, 0.15) is 5.69 Å². The van der Waals surface area contributed by atoms with Gasteiger partial charge >= 0.3 is 11.7 Å². The number of carbonyl (C=O) groups excluding carboxylic acids is 1. The first-order valence-corrected chi connectivity index (χ1v) is 8.70. The number of hydrogen-bond acceptors (Lipinski definition) is 5. The molecule has 0 spiro atoms. The third-order valence-electron chi connectivity index (χ3n) is 3.93. The summed E-state index contributed by atoms with van der Waals surface area (Å²) in [5.74, 6) is -0.0927. The fraction of sp³-hybridized carbons (Fsp3) is 0.350. The number of benzene rings is 2. The Balaban J connectivity index is 1.72. The SMILES string of the molecule is C[N+](C)(C)c1ccc(CC(=O)OCCCOc2ccccc2[N+](=O)[O-])cc1. The van der Waals surface area contributed by atoms with E-state index < -0.39 is 4.92 Å². The van der Waals surface area contributed by atoms with E-state index in [0.29, 0.717) is 10.9 Å². The van der Waals surface area contributed by atoms with E-state index in [-0.39, 0.29) is 37.0 Å². The maximum atomic E-state index is 11.9. The number of nitrogens with zero attached hydrogens (tertiary/aromatic N) is 2. The van der Waals surface area contributed by atoms with Crippen LogP contribution in [0.1, 0.15) is 12.0 Å². The monoisotopic (exact) mass is 373 g/mol. The molecule has 0 amide bonds. The van der Waals surface area contributed by atoms with Crippen LogP contribution in [0.3, 0.4) is 0 Å².